The molecule has 0 aliphatic rings. The van der Waals surface area contributed by atoms with E-state index in [-0.39, 0.29) is 19.8 Å². The van der Waals surface area contributed by atoms with Crippen molar-refractivity contribution in [2.45, 2.75) is 12.4 Å². The molecular formula is C8H4BF6O2. The first-order valence-corrected chi connectivity index (χ1v) is 4.07. The zero-order valence-electron chi connectivity index (χ0n) is 7.93. The molecule has 0 atom stereocenters. The Balaban J connectivity index is 3.33. The van der Waals surface area contributed by atoms with E-state index in [0.29, 0.717) is 6.07 Å². The van der Waals surface area contributed by atoms with Gasteiger partial charge in [0.2, 0.25) is 0 Å². The third kappa shape index (κ3) is 3.29. The summed E-state index contributed by atoms with van der Waals surface area (Å²) >= 11 is 0. The Labute approximate surface area is 92.1 Å². The SMILES string of the molecule is O[B]Oc1ccc(C(F)(F)F)c(C(F)(F)F)c1. The molecule has 0 bridgehead atoms. The van der Waals surface area contributed by atoms with Gasteiger partial charge in [0.15, 0.2) is 0 Å². The van der Waals surface area contributed by atoms with Gasteiger partial charge in [-0.05, 0) is 18.2 Å². The normalized spacial score (nSPS) is 12.4. The molecule has 0 aromatic heterocycles. The van der Waals surface area contributed by atoms with Crippen LogP contribution >= 0.6 is 0 Å². The summed E-state index contributed by atoms with van der Waals surface area (Å²) < 4.78 is 78.2. The molecule has 0 aliphatic carbocycles. The lowest BCUT2D eigenvalue weighted by atomic mass is 10.1. The third-order valence-electron chi connectivity index (χ3n) is 1.79. The molecule has 0 amide bonds. The van der Waals surface area contributed by atoms with Crippen molar-refractivity contribution in [3.05, 3.63) is 29.3 Å². The molecule has 0 saturated heterocycles. The van der Waals surface area contributed by atoms with Crippen LogP contribution in [0.25, 0.3) is 0 Å². The van der Waals surface area contributed by atoms with Crippen molar-refractivity contribution in [2.75, 3.05) is 0 Å². The minimum atomic E-state index is -5.17. The average molecular weight is 257 g/mol. The summed E-state index contributed by atoms with van der Waals surface area (Å²) in [6.07, 6.45) is -10.3. The van der Waals surface area contributed by atoms with Crippen molar-refractivity contribution >= 4 is 7.69 Å². The Kier molecular flexibility index (Phi) is 3.61. The number of hydrogen-bond donors (Lipinski definition) is 1. The summed E-state index contributed by atoms with van der Waals surface area (Å²) in [5.41, 5.74) is -3.68. The quantitative estimate of drug-likeness (QED) is 0.651. The molecule has 2 nitrogen and oxygen atoms in total. The van der Waals surface area contributed by atoms with E-state index in [1.165, 1.54) is 0 Å². The van der Waals surface area contributed by atoms with Gasteiger partial charge in [-0.1, -0.05) is 0 Å². The first-order chi connectivity index (χ1) is 7.66. The van der Waals surface area contributed by atoms with Crippen molar-refractivity contribution in [3.63, 3.8) is 0 Å². The van der Waals surface area contributed by atoms with Crippen molar-refractivity contribution in [3.8, 4) is 5.75 Å². The van der Waals surface area contributed by atoms with E-state index < -0.39 is 29.2 Å². The molecule has 1 aromatic carbocycles. The van der Waals surface area contributed by atoms with Gasteiger partial charge in [-0.15, -0.1) is 0 Å². The van der Waals surface area contributed by atoms with E-state index in [1.807, 2.05) is 0 Å². The molecule has 0 unspecified atom stereocenters. The molecule has 0 heterocycles. The molecule has 1 N–H and O–H groups in total. The van der Waals surface area contributed by atoms with E-state index in [0.717, 1.165) is 0 Å². The summed E-state index contributed by atoms with van der Waals surface area (Å²) in [4.78, 5) is 0. The minimum absolute atomic E-state index is 0.0722. The largest absolute Gasteiger partial charge is 0.569 e. The maximum absolute atomic E-state index is 12.4. The van der Waals surface area contributed by atoms with E-state index >= 15 is 0 Å². The van der Waals surface area contributed by atoms with Crippen LogP contribution in [-0.2, 0) is 12.4 Å². The molecule has 1 aromatic rings. The molecule has 1 rings (SSSR count). The first-order valence-electron chi connectivity index (χ1n) is 4.07. The van der Waals surface area contributed by atoms with Crippen LogP contribution < -0.4 is 4.65 Å². The Morgan fingerprint density at radius 2 is 1.47 bits per heavy atom. The summed E-state index contributed by atoms with van der Waals surface area (Å²) in [5.74, 6) is -0.548. The number of alkyl halides is 6. The second-order valence-corrected chi connectivity index (χ2v) is 2.93. The van der Waals surface area contributed by atoms with Crippen LogP contribution in [0.3, 0.4) is 0 Å². The molecule has 0 saturated carbocycles. The highest BCUT2D eigenvalue weighted by Gasteiger charge is 2.43. The number of benzene rings is 1. The standard InChI is InChI=1S/C8H4BF6O2/c10-7(11,12)5-2-1-4(17-9-16)3-6(5)8(13,14)15/h1-3,16H. The van der Waals surface area contributed by atoms with Gasteiger partial charge in [0.05, 0.1) is 11.1 Å². The highest BCUT2D eigenvalue weighted by atomic mass is 19.4. The van der Waals surface area contributed by atoms with Crippen LogP contribution in [0.15, 0.2) is 18.2 Å². The fourth-order valence-electron chi connectivity index (χ4n) is 1.14. The summed E-state index contributed by atoms with van der Waals surface area (Å²) in [5, 5.41) is 8.19. The fourth-order valence-corrected chi connectivity index (χ4v) is 1.14. The molecular weight excluding hydrogens is 253 g/mol. The van der Waals surface area contributed by atoms with Crippen molar-refractivity contribution in [2.24, 2.45) is 0 Å². The Hall–Kier alpha value is -1.38. The van der Waals surface area contributed by atoms with Crippen molar-refractivity contribution in [1.82, 2.24) is 0 Å². The van der Waals surface area contributed by atoms with E-state index in [1.54, 1.807) is 0 Å². The number of rotatable bonds is 2. The zero-order chi connectivity index (χ0) is 13.3. The fraction of sp³-hybridized carbons (Fsp3) is 0.250. The van der Waals surface area contributed by atoms with Crippen LogP contribution in [0.1, 0.15) is 11.1 Å². The van der Waals surface area contributed by atoms with E-state index in [4.69, 9.17) is 5.02 Å². The molecule has 0 aliphatic heterocycles. The summed E-state index contributed by atoms with van der Waals surface area (Å²) in [7, 11) is 0.0722. The maximum Gasteiger partial charge on any atom is 0.569 e. The topological polar surface area (TPSA) is 29.5 Å². The van der Waals surface area contributed by atoms with Gasteiger partial charge in [-0.2, -0.15) is 26.3 Å². The molecule has 9 heteroatoms. The van der Waals surface area contributed by atoms with Crippen molar-refractivity contribution in [1.29, 1.82) is 0 Å². The highest BCUT2D eigenvalue weighted by Crippen LogP contribution is 2.41. The summed E-state index contributed by atoms with van der Waals surface area (Å²) in [6, 6.07) is 1.07. The Bertz CT molecular complexity index is 400. The lowest BCUT2D eigenvalue weighted by Gasteiger charge is -2.16. The predicted molar refractivity (Wildman–Crippen MR) is 45.0 cm³/mol. The molecule has 1 radical (unpaired) electrons. The highest BCUT2D eigenvalue weighted by molar-refractivity contribution is 6.17. The van der Waals surface area contributed by atoms with Crippen LogP contribution in [0.5, 0.6) is 5.75 Å². The summed E-state index contributed by atoms with van der Waals surface area (Å²) in [6.45, 7) is 0. The van der Waals surface area contributed by atoms with Crippen molar-refractivity contribution < 1.29 is 36.0 Å². The molecule has 0 spiro atoms. The van der Waals surface area contributed by atoms with E-state index in [2.05, 4.69) is 4.65 Å². The maximum atomic E-state index is 12.4. The number of hydrogen-bond acceptors (Lipinski definition) is 2. The van der Waals surface area contributed by atoms with Crippen LogP contribution in [0, 0.1) is 0 Å². The lowest BCUT2D eigenvalue weighted by molar-refractivity contribution is -0.162. The Morgan fingerprint density at radius 3 is 1.88 bits per heavy atom. The van der Waals surface area contributed by atoms with E-state index in [9.17, 15) is 26.3 Å². The lowest BCUT2D eigenvalue weighted by Crippen LogP contribution is -2.16. The van der Waals surface area contributed by atoms with Gasteiger partial charge in [0.1, 0.15) is 5.75 Å². The van der Waals surface area contributed by atoms with Gasteiger partial charge in [-0.25, -0.2) is 0 Å². The van der Waals surface area contributed by atoms with Gasteiger partial charge in [0.25, 0.3) is 0 Å². The number of halogens is 6. The Morgan fingerprint density at radius 1 is 0.941 bits per heavy atom. The van der Waals surface area contributed by atoms with Crippen LogP contribution in [0.4, 0.5) is 26.3 Å². The molecule has 93 valence electrons. The van der Waals surface area contributed by atoms with Gasteiger partial charge < -0.3 is 9.68 Å². The van der Waals surface area contributed by atoms with Crippen LogP contribution in [0.2, 0.25) is 0 Å². The smallest absolute Gasteiger partial charge is 0.537 e. The third-order valence-corrected chi connectivity index (χ3v) is 1.79. The van der Waals surface area contributed by atoms with Crippen LogP contribution in [-0.4, -0.2) is 12.7 Å². The molecule has 17 heavy (non-hydrogen) atoms. The zero-order valence-corrected chi connectivity index (χ0v) is 7.93. The van der Waals surface area contributed by atoms with Gasteiger partial charge in [-0.3, -0.25) is 0 Å². The minimum Gasteiger partial charge on any atom is -0.537 e. The predicted octanol–water partition coefficient (Wildman–Crippen LogP) is 2.63. The monoisotopic (exact) mass is 257 g/mol. The average Bonchev–Trinajstić information content (AvgIpc) is 2.15. The molecule has 0 fully saturated rings. The first kappa shape index (κ1) is 13.7. The second-order valence-electron chi connectivity index (χ2n) is 2.93. The van der Waals surface area contributed by atoms with Gasteiger partial charge in [0, 0.05) is 0 Å². The van der Waals surface area contributed by atoms with Gasteiger partial charge >= 0.3 is 20.0 Å². The second kappa shape index (κ2) is 4.48.